The van der Waals surface area contributed by atoms with Crippen molar-refractivity contribution in [3.8, 4) is 11.4 Å². The highest BCUT2D eigenvalue weighted by Crippen LogP contribution is 2.30. The molecule has 2 amide bonds. The predicted molar refractivity (Wildman–Crippen MR) is 535 cm³/mol. The molecule has 3 fully saturated rings. The Kier molecular flexibility index (Phi) is 40.8. The third-order valence-electron chi connectivity index (χ3n) is 21.0. The molecular formula is C100H133BrClN21O10. The number of hydrogen-bond acceptors (Lipinski definition) is 20. The number of ketones is 2. The largest absolute Gasteiger partial charge is 0.475 e. The van der Waals surface area contributed by atoms with Gasteiger partial charge in [-0.3, -0.25) is 19.2 Å². The van der Waals surface area contributed by atoms with Gasteiger partial charge in [0.25, 0.3) is 17.3 Å². The number of halogens is 2. The first-order valence-corrected chi connectivity index (χ1v) is 45.3. The van der Waals surface area contributed by atoms with Gasteiger partial charge in [-0.25, -0.2) is 48.7 Å². The summed E-state index contributed by atoms with van der Waals surface area (Å²) in [5.74, 6) is 3.77. The van der Waals surface area contributed by atoms with Crippen LogP contribution in [0.25, 0.3) is 39.0 Å². The minimum Gasteiger partial charge on any atom is -0.475 e. The molecule has 0 unspecified atom stereocenters. The molecule has 33 heteroatoms. The number of nitrogens with one attached hydrogen (secondary N) is 4. The van der Waals surface area contributed by atoms with E-state index in [4.69, 9.17) is 41.6 Å². The van der Waals surface area contributed by atoms with Gasteiger partial charge in [0.15, 0.2) is 22.6 Å². The quantitative estimate of drug-likeness (QED) is 0.0489. The molecule has 12 aromatic heterocycles. The number of anilines is 2. The number of aromatic nitrogens is 15. The average molecular weight is 1900 g/mol. The number of alkyl carbamates (subject to hydrolysis) is 1. The van der Waals surface area contributed by atoms with Gasteiger partial charge in [0.2, 0.25) is 5.82 Å². The highest BCUT2D eigenvalue weighted by molar-refractivity contribution is 9.09. The van der Waals surface area contributed by atoms with Gasteiger partial charge in [-0.15, -0.1) is 10.2 Å². The number of aromatic carboxylic acids is 1. The summed E-state index contributed by atoms with van der Waals surface area (Å²) < 4.78 is 23.2. The normalized spacial score (nSPS) is 14.7. The molecular weight excluding hydrogens is 1770 g/mol. The van der Waals surface area contributed by atoms with E-state index in [1.807, 2.05) is 210 Å². The maximum absolute atomic E-state index is 12.7. The number of nitrogens with zero attached hydrogens (tertiary/aromatic N) is 16. The first kappa shape index (κ1) is 107. The highest BCUT2D eigenvalue weighted by atomic mass is 79.9. The van der Waals surface area contributed by atoms with Gasteiger partial charge in [-0.1, -0.05) is 188 Å². The number of fused-ring (bicyclic) bond motifs is 5. The number of carbonyl (C=O) groups excluding carboxylic acids is 4. The van der Waals surface area contributed by atoms with E-state index in [1.165, 1.54) is 16.5 Å². The number of aromatic amines is 1. The number of hydrogen-bond donors (Lipinski definition) is 6. The highest BCUT2D eigenvalue weighted by Gasteiger charge is 2.30. The Bertz CT molecular complexity index is 6160. The fourth-order valence-electron chi connectivity index (χ4n) is 13.6. The number of carboxylic acid groups (broad SMARTS) is 1. The summed E-state index contributed by atoms with van der Waals surface area (Å²) in [4.78, 5) is 108. The number of carboxylic acids is 1. The molecule has 712 valence electrons. The Morgan fingerprint density at radius 2 is 1.06 bits per heavy atom. The van der Waals surface area contributed by atoms with Crippen molar-refractivity contribution in [2.45, 2.75) is 212 Å². The molecule has 15 heterocycles. The summed E-state index contributed by atoms with van der Waals surface area (Å²) in [5, 5.41) is 26.9. The minimum atomic E-state index is -1.13. The van der Waals surface area contributed by atoms with E-state index in [2.05, 4.69) is 179 Å². The summed E-state index contributed by atoms with van der Waals surface area (Å²) in [6, 6.07) is 38.9. The number of alkyl halides is 1. The molecule has 3 saturated heterocycles. The van der Waals surface area contributed by atoms with Gasteiger partial charge < -0.3 is 72.7 Å². The average Bonchev–Trinajstić information content (AvgIpc) is 1.66. The van der Waals surface area contributed by atoms with E-state index in [0.29, 0.717) is 57.5 Å². The first-order chi connectivity index (χ1) is 62.0. The second-order valence-corrected chi connectivity index (χ2v) is 35.5. The number of ether oxygens (including phenoxy) is 1. The van der Waals surface area contributed by atoms with Gasteiger partial charge in [0.1, 0.15) is 40.8 Å². The molecule has 0 radical (unpaired) electrons. The zero-order valence-electron chi connectivity index (χ0n) is 76.8. The zero-order valence-corrected chi connectivity index (χ0v) is 79.1. The zero-order chi connectivity index (χ0) is 94.0. The number of Topliss-reactive ketones (excluding diaryl/α,β-unsaturated/α-hetero) is 2. The Labute approximate surface area is 792 Å². The lowest BCUT2D eigenvalue weighted by molar-refractivity contribution is -0.119. The fourth-order valence-corrected chi connectivity index (χ4v) is 14.5. The second-order valence-electron chi connectivity index (χ2n) is 34.5. The minimum absolute atomic E-state index is 0. The van der Waals surface area contributed by atoms with Crippen LogP contribution >= 0.6 is 27.5 Å². The van der Waals surface area contributed by atoms with E-state index in [9.17, 15) is 33.6 Å². The molecule has 0 spiro atoms. The van der Waals surface area contributed by atoms with E-state index < -0.39 is 11.6 Å². The van der Waals surface area contributed by atoms with Crippen LogP contribution in [0.2, 0.25) is 5.15 Å². The van der Waals surface area contributed by atoms with Crippen molar-refractivity contribution >= 4 is 96.3 Å². The predicted octanol–water partition coefficient (Wildman–Crippen LogP) is 18.7. The van der Waals surface area contributed by atoms with E-state index in [1.54, 1.807) is 28.4 Å². The lowest BCUT2D eigenvalue weighted by Gasteiger charge is -2.21. The van der Waals surface area contributed by atoms with Crippen LogP contribution in [0, 0.1) is 5.92 Å². The third-order valence-corrected chi connectivity index (χ3v) is 21.9. The summed E-state index contributed by atoms with van der Waals surface area (Å²) in [6.45, 7) is 37.2. The SMILES string of the molecule is C.C.C.CC(=O)C1=CC=CC1.CC(C)(C)OC(=O)N[C@H]1CCNC1.CC(C)C(=O)CBr.CC(C)c1cn2cccc2c(=O)[nH]1.CC(C)c1cn2cccc2c(=O)o1.CC(C)c1cn2cccc2c(Cl)n1.CC(C)c1cn2cccc2c(N2CC[C@H](N)C2)n1.CC(C)c1cn2cccc2c(N2CC[C@H](NC(=O)c3ncn(-c4ccccc4)n3)C2)n1.O=C(O)c1ncn(-c2ccccc2)n1. The standard InChI is InChI=1S/C23H25N7O.C14H20N4.C10H11ClN2.C10H12N2O.C10H11NO2.C9H7N3O2.C9H18N2O2.C7H8O.C5H9BrO.3CH4/c1-16(2)19-14-28-11-6-9-20(28)22(26-19)29-12-10-17(13-29)25-23(31)21-24-15-30(27-21)18-7-4-3-5-8-18;1-10(2)12-9-17-6-3-4-13(17)14(16-12)18-7-5-11(15)8-18;1-7(2)8-6-13-5-3-4-9(13)10(11)12-8;1-7(2)8-6-12-5-3-4-9(12)10(13)11-8;1-7(2)9-6-11-5-3-4-8(11)10(12)13-9;13-9(14)8-10-6-12(11-8)7-4-2-1-3-5-7;1-9(2,3)13-8(12)11-7-4-5-10-6-7;1-6(8)7-4-2-3-5-7;1-4(2)5(7)3-6;;;/h3-9,11,14-17H,10,12-13H2,1-2H3,(H,25,31);3-4,6,9-11H,5,7-8,15H2,1-2H3;3-7H,1-2H3;3-7H,1-2H3,(H,11,13);3-7H,1-2H3;1-6H,(H,13,14);7,10H,4-6H2,1-3H3,(H,11,12);2-4H,5H2,1H3;4H,3H2,1-2H3;3*1H4/t17-;11-;;;;;7-;;;;;/m00....0...../s1. The van der Waals surface area contributed by atoms with Crippen LogP contribution < -0.4 is 42.7 Å². The van der Waals surface area contributed by atoms with Gasteiger partial charge in [-0.05, 0) is 174 Å². The molecule has 7 N–H and O–H groups in total. The lowest BCUT2D eigenvalue weighted by Crippen LogP contribution is -2.40. The van der Waals surface area contributed by atoms with Gasteiger partial charge in [0, 0.05) is 130 Å². The number of rotatable bonds is 16. The topological polar surface area (TPSA) is 369 Å². The van der Waals surface area contributed by atoms with Crippen molar-refractivity contribution in [3.63, 3.8) is 0 Å². The van der Waals surface area contributed by atoms with Crippen molar-refractivity contribution in [2.24, 2.45) is 11.7 Å². The number of para-hydroxylation sites is 2. The van der Waals surface area contributed by atoms with E-state index >= 15 is 0 Å². The molecule has 1 aliphatic carbocycles. The van der Waals surface area contributed by atoms with Crippen LogP contribution in [-0.2, 0) is 14.3 Å². The number of benzene rings is 2. The Hall–Kier alpha value is -12.9. The van der Waals surface area contributed by atoms with Gasteiger partial charge in [-0.2, -0.15) is 0 Å². The summed E-state index contributed by atoms with van der Waals surface area (Å²) in [7, 11) is 0. The smallest absolute Gasteiger partial charge is 0.407 e. The van der Waals surface area contributed by atoms with Crippen molar-refractivity contribution in [1.82, 2.24) is 87.4 Å². The summed E-state index contributed by atoms with van der Waals surface area (Å²) in [5.41, 5.74) is 16.6. The van der Waals surface area contributed by atoms with Crippen molar-refractivity contribution in [1.29, 1.82) is 0 Å². The van der Waals surface area contributed by atoms with Crippen molar-refractivity contribution in [3.05, 3.63) is 286 Å². The van der Waals surface area contributed by atoms with Crippen molar-refractivity contribution in [2.75, 3.05) is 54.4 Å². The van der Waals surface area contributed by atoms with Crippen LogP contribution in [0.15, 0.2) is 234 Å². The number of carbonyl (C=O) groups is 5. The number of amides is 2. The summed E-state index contributed by atoms with van der Waals surface area (Å²) in [6.07, 6.45) is 32.0. The Balaban J connectivity index is 0.000000211. The first-order valence-electron chi connectivity index (χ1n) is 43.8. The molecule has 31 nitrogen and oxygen atoms in total. The van der Waals surface area contributed by atoms with Crippen LogP contribution in [-0.4, -0.2) is 174 Å². The maximum atomic E-state index is 12.7. The van der Waals surface area contributed by atoms with E-state index in [0.717, 1.165) is 121 Å². The van der Waals surface area contributed by atoms with Crippen LogP contribution in [0.3, 0.4) is 0 Å². The van der Waals surface area contributed by atoms with Gasteiger partial charge in [0.05, 0.1) is 50.3 Å². The van der Waals surface area contributed by atoms with Crippen LogP contribution in [0.4, 0.5) is 16.4 Å². The van der Waals surface area contributed by atoms with Gasteiger partial charge >= 0.3 is 17.7 Å². The summed E-state index contributed by atoms with van der Waals surface area (Å²) >= 11 is 9.08. The van der Waals surface area contributed by atoms with E-state index in [-0.39, 0.29) is 98.6 Å². The third kappa shape index (κ3) is 30.8. The number of H-pyrrole nitrogens is 1. The number of nitrogens with two attached hydrogens (primary N) is 1. The molecule has 14 aromatic rings. The molecule has 18 rings (SSSR count). The Morgan fingerprint density at radius 1 is 0.579 bits per heavy atom. The lowest BCUT2D eigenvalue weighted by atomic mass is 10.1. The molecule has 3 aliphatic heterocycles. The molecule has 4 aliphatic rings. The second kappa shape index (κ2) is 50.6. The Morgan fingerprint density at radius 3 is 1.50 bits per heavy atom. The molecule has 2 aromatic carbocycles. The molecule has 0 bridgehead atoms. The van der Waals surface area contributed by atoms with Crippen LogP contribution in [0.5, 0.6) is 0 Å². The molecule has 3 atom stereocenters. The maximum Gasteiger partial charge on any atom is 0.407 e. The molecule has 133 heavy (non-hydrogen) atoms. The van der Waals surface area contributed by atoms with Crippen LogP contribution in [0.1, 0.15) is 238 Å². The monoisotopic (exact) mass is 1900 g/mol. The number of allylic oxidation sites excluding steroid dienone is 4. The van der Waals surface area contributed by atoms with Crippen molar-refractivity contribution < 1.29 is 38.2 Å². The molecule has 0 saturated carbocycles. The fraction of sp³-hybridized carbons (Fsp3) is 0.400.